The van der Waals surface area contributed by atoms with Crippen LogP contribution in [0.2, 0.25) is 10.0 Å². The van der Waals surface area contributed by atoms with Crippen molar-refractivity contribution in [3.8, 4) is 11.1 Å². The Bertz CT molecular complexity index is 843. The van der Waals surface area contributed by atoms with Gasteiger partial charge in [0.05, 0.1) is 15.4 Å². The Labute approximate surface area is 130 Å². The first-order chi connectivity index (χ1) is 9.97. The molecular weight excluding hydrogens is 309 g/mol. The number of hydrogen-bond acceptors (Lipinski definition) is 5. The standard InChI is InChI=1S/C14H11Cl2N5/c1-6-19-13(18)8-5-7(12(17)21-14(8)20-6)11-9(15)3-2-4-10(11)16/h2-5H,1H3,(H4,17,18,19,20,21). The highest BCUT2D eigenvalue weighted by molar-refractivity contribution is 6.39. The summed E-state index contributed by atoms with van der Waals surface area (Å²) in [6.07, 6.45) is 0. The zero-order valence-corrected chi connectivity index (χ0v) is 12.6. The fraction of sp³-hybridized carbons (Fsp3) is 0.0714. The molecule has 106 valence electrons. The number of pyridine rings is 1. The van der Waals surface area contributed by atoms with Crippen LogP contribution in [0.1, 0.15) is 5.82 Å². The molecule has 2 heterocycles. The highest BCUT2D eigenvalue weighted by atomic mass is 35.5. The average molecular weight is 320 g/mol. The molecule has 7 heteroatoms. The largest absolute Gasteiger partial charge is 0.383 e. The minimum atomic E-state index is 0.287. The summed E-state index contributed by atoms with van der Waals surface area (Å²) in [6.45, 7) is 1.74. The lowest BCUT2D eigenvalue weighted by molar-refractivity contribution is 1.08. The molecule has 5 nitrogen and oxygen atoms in total. The van der Waals surface area contributed by atoms with Crippen LogP contribution in [0.25, 0.3) is 22.2 Å². The van der Waals surface area contributed by atoms with E-state index in [1.165, 1.54) is 0 Å². The Morgan fingerprint density at radius 1 is 0.952 bits per heavy atom. The van der Waals surface area contributed by atoms with Gasteiger partial charge in [0, 0.05) is 11.1 Å². The number of rotatable bonds is 1. The molecule has 0 saturated carbocycles. The monoisotopic (exact) mass is 319 g/mol. The van der Waals surface area contributed by atoms with Crippen molar-refractivity contribution in [1.29, 1.82) is 0 Å². The first kappa shape index (κ1) is 13.9. The smallest absolute Gasteiger partial charge is 0.167 e. The van der Waals surface area contributed by atoms with E-state index in [0.717, 1.165) is 0 Å². The molecule has 3 rings (SSSR count). The molecule has 0 saturated heterocycles. The summed E-state index contributed by atoms with van der Waals surface area (Å²) in [5.41, 5.74) is 13.6. The molecule has 21 heavy (non-hydrogen) atoms. The number of nitrogen functional groups attached to an aromatic ring is 2. The number of halogens is 2. The zero-order valence-electron chi connectivity index (χ0n) is 11.1. The van der Waals surface area contributed by atoms with E-state index in [-0.39, 0.29) is 5.82 Å². The molecule has 4 N–H and O–H groups in total. The predicted molar refractivity (Wildman–Crippen MR) is 86.4 cm³/mol. The normalized spacial score (nSPS) is 11.0. The topological polar surface area (TPSA) is 90.7 Å². The molecule has 0 spiro atoms. The fourth-order valence-electron chi connectivity index (χ4n) is 2.16. The van der Waals surface area contributed by atoms with E-state index in [9.17, 15) is 0 Å². The van der Waals surface area contributed by atoms with Crippen molar-refractivity contribution in [3.05, 3.63) is 40.1 Å². The second-order valence-electron chi connectivity index (χ2n) is 4.55. The average Bonchev–Trinajstić information content (AvgIpc) is 2.39. The van der Waals surface area contributed by atoms with E-state index in [1.54, 1.807) is 31.2 Å². The predicted octanol–water partition coefficient (Wildman–Crippen LogP) is 3.47. The summed E-state index contributed by atoms with van der Waals surface area (Å²) in [6, 6.07) is 7.00. The third-order valence-corrected chi connectivity index (χ3v) is 3.72. The van der Waals surface area contributed by atoms with Crippen LogP contribution >= 0.6 is 23.2 Å². The second-order valence-corrected chi connectivity index (χ2v) is 5.36. The molecule has 3 aromatic rings. The van der Waals surface area contributed by atoms with Crippen molar-refractivity contribution >= 4 is 45.9 Å². The number of aryl methyl sites for hydroxylation is 1. The number of nitrogens with zero attached hydrogens (tertiary/aromatic N) is 3. The van der Waals surface area contributed by atoms with Gasteiger partial charge in [-0.2, -0.15) is 0 Å². The number of nitrogens with two attached hydrogens (primary N) is 2. The van der Waals surface area contributed by atoms with Crippen molar-refractivity contribution in [2.24, 2.45) is 0 Å². The van der Waals surface area contributed by atoms with Gasteiger partial charge in [-0.1, -0.05) is 29.3 Å². The molecule has 2 aromatic heterocycles. The van der Waals surface area contributed by atoms with Crippen LogP contribution < -0.4 is 11.5 Å². The molecule has 0 fully saturated rings. The van der Waals surface area contributed by atoms with E-state index in [2.05, 4.69) is 15.0 Å². The van der Waals surface area contributed by atoms with Gasteiger partial charge in [-0.15, -0.1) is 0 Å². The zero-order chi connectivity index (χ0) is 15.1. The first-order valence-corrected chi connectivity index (χ1v) is 6.87. The van der Waals surface area contributed by atoms with Crippen LogP contribution in [0.15, 0.2) is 24.3 Å². The Kier molecular flexibility index (Phi) is 3.31. The Morgan fingerprint density at radius 3 is 2.29 bits per heavy atom. The lowest BCUT2D eigenvalue weighted by Crippen LogP contribution is -2.02. The minimum absolute atomic E-state index is 0.287. The van der Waals surface area contributed by atoms with Crippen LogP contribution in [0.3, 0.4) is 0 Å². The SMILES string of the molecule is Cc1nc(N)c2cc(-c3c(Cl)cccc3Cl)c(N)nc2n1. The molecule has 0 aliphatic carbocycles. The maximum atomic E-state index is 6.22. The Hall–Kier alpha value is -2.11. The quantitative estimate of drug-likeness (QED) is 0.716. The molecule has 0 amide bonds. The molecule has 1 aromatic carbocycles. The van der Waals surface area contributed by atoms with E-state index in [0.29, 0.717) is 43.8 Å². The van der Waals surface area contributed by atoms with Gasteiger partial charge in [-0.25, -0.2) is 15.0 Å². The van der Waals surface area contributed by atoms with Crippen molar-refractivity contribution in [3.63, 3.8) is 0 Å². The summed E-state index contributed by atoms with van der Waals surface area (Å²) in [5.74, 6) is 1.17. The molecule has 0 aliphatic heterocycles. The third-order valence-electron chi connectivity index (χ3n) is 3.09. The van der Waals surface area contributed by atoms with Gasteiger partial charge in [0.2, 0.25) is 0 Å². The molecule has 0 bridgehead atoms. The van der Waals surface area contributed by atoms with Gasteiger partial charge in [-0.05, 0) is 25.1 Å². The number of hydrogen-bond donors (Lipinski definition) is 2. The van der Waals surface area contributed by atoms with Gasteiger partial charge >= 0.3 is 0 Å². The Balaban J connectivity index is 2.36. The number of aromatic nitrogens is 3. The summed E-state index contributed by atoms with van der Waals surface area (Å²) in [5, 5.41) is 1.59. The summed E-state index contributed by atoms with van der Waals surface area (Å²) in [4.78, 5) is 12.6. The highest BCUT2D eigenvalue weighted by Crippen LogP contribution is 2.38. The van der Waals surface area contributed by atoms with Gasteiger partial charge in [0.25, 0.3) is 0 Å². The van der Waals surface area contributed by atoms with Crippen molar-refractivity contribution in [2.75, 3.05) is 11.5 Å². The van der Waals surface area contributed by atoms with Gasteiger partial charge in [-0.3, -0.25) is 0 Å². The van der Waals surface area contributed by atoms with Crippen molar-refractivity contribution in [1.82, 2.24) is 15.0 Å². The highest BCUT2D eigenvalue weighted by Gasteiger charge is 2.15. The molecular formula is C14H11Cl2N5. The van der Waals surface area contributed by atoms with E-state index >= 15 is 0 Å². The van der Waals surface area contributed by atoms with E-state index < -0.39 is 0 Å². The summed E-state index contributed by atoms with van der Waals surface area (Å²) >= 11 is 12.4. The lowest BCUT2D eigenvalue weighted by atomic mass is 10.0. The molecule has 0 aliphatic rings. The van der Waals surface area contributed by atoms with Crippen LogP contribution in [-0.4, -0.2) is 15.0 Å². The molecule has 0 unspecified atom stereocenters. The third kappa shape index (κ3) is 2.34. The van der Waals surface area contributed by atoms with Crippen LogP contribution in [0, 0.1) is 6.92 Å². The van der Waals surface area contributed by atoms with E-state index in [1.807, 2.05) is 0 Å². The summed E-state index contributed by atoms with van der Waals surface area (Å²) in [7, 11) is 0. The van der Waals surface area contributed by atoms with Gasteiger partial charge in [0.15, 0.2) is 5.65 Å². The maximum absolute atomic E-state index is 6.22. The first-order valence-electron chi connectivity index (χ1n) is 6.12. The second kappa shape index (κ2) is 5.02. The lowest BCUT2D eigenvalue weighted by Gasteiger charge is -2.11. The van der Waals surface area contributed by atoms with Crippen LogP contribution in [-0.2, 0) is 0 Å². The Morgan fingerprint density at radius 2 is 1.62 bits per heavy atom. The fourth-order valence-corrected chi connectivity index (χ4v) is 2.76. The number of fused-ring (bicyclic) bond motifs is 1. The minimum Gasteiger partial charge on any atom is -0.383 e. The molecule has 0 radical (unpaired) electrons. The van der Waals surface area contributed by atoms with Crippen molar-refractivity contribution in [2.45, 2.75) is 6.92 Å². The molecule has 0 atom stereocenters. The van der Waals surface area contributed by atoms with Gasteiger partial charge < -0.3 is 11.5 Å². The van der Waals surface area contributed by atoms with Gasteiger partial charge in [0.1, 0.15) is 17.5 Å². The van der Waals surface area contributed by atoms with Crippen molar-refractivity contribution < 1.29 is 0 Å². The summed E-state index contributed by atoms with van der Waals surface area (Å²) < 4.78 is 0. The van der Waals surface area contributed by atoms with Crippen LogP contribution in [0.5, 0.6) is 0 Å². The number of benzene rings is 1. The van der Waals surface area contributed by atoms with E-state index in [4.69, 9.17) is 34.7 Å². The maximum Gasteiger partial charge on any atom is 0.167 e. The van der Waals surface area contributed by atoms with Crippen LogP contribution in [0.4, 0.5) is 11.6 Å². The number of anilines is 2.